The van der Waals surface area contributed by atoms with Crippen LogP contribution in [-0.2, 0) is 9.84 Å². The fraction of sp³-hybridized carbons (Fsp3) is 0.500. The lowest BCUT2D eigenvalue weighted by Gasteiger charge is -2.20. The van der Waals surface area contributed by atoms with E-state index in [1.165, 1.54) is 12.3 Å². The Morgan fingerprint density at radius 1 is 1.32 bits per heavy atom. The lowest BCUT2D eigenvalue weighted by molar-refractivity contribution is -0.384. The first-order valence-electron chi connectivity index (χ1n) is 6.08. The number of nitro groups is 1. The molecular weight excluding hydrogens is 268 g/mol. The van der Waals surface area contributed by atoms with Gasteiger partial charge in [0.15, 0.2) is 9.84 Å². The number of rotatable bonds is 4. The van der Waals surface area contributed by atoms with Crippen molar-refractivity contribution >= 4 is 21.2 Å². The van der Waals surface area contributed by atoms with Gasteiger partial charge in [-0.2, -0.15) is 0 Å². The van der Waals surface area contributed by atoms with E-state index in [9.17, 15) is 18.5 Å². The number of hydrogen-bond donors (Lipinski definition) is 1. The molecule has 2 rings (SSSR count). The van der Waals surface area contributed by atoms with Crippen LogP contribution < -0.4 is 5.32 Å². The third-order valence-electron chi connectivity index (χ3n) is 3.44. The average Bonchev–Trinajstić information content (AvgIpc) is 2.77. The number of para-hydroxylation sites is 2. The fourth-order valence-electron chi connectivity index (χ4n) is 2.56. The monoisotopic (exact) mass is 284 g/mol. The van der Waals surface area contributed by atoms with Crippen LogP contribution in [0.5, 0.6) is 0 Å². The molecule has 7 heteroatoms. The third kappa shape index (κ3) is 3.04. The lowest BCUT2D eigenvalue weighted by atomic mass is 10.2. The van der Waals surface area contributed by atoms with Crippen molar-refractivity contribution in [2.24, 2.45) is 0 Å². The minimum atomic E-state index is -3.14. The molecule has 1 N–H and O–H groups in total. The molecule has 19 heavy (non-hydrogen) atoms. The highest BCUT2D eigenvalue weighted by atomic mass is 32.2. The quantitative estimate of drug-likeness (QED) is 0.674. The molecule has 0 bridgehead atoms. The smallest absolute Gasteiger partial charge is 0.292 e. The molecule has 1 fully saturated rings. The number of nitro benzene ring substituents is 1. The van der Waals surface area contributed by atoms with E-state index in [1.54, 1.807) is 18.2 Å². The minimum Gasteiger partial charge on any atom is -0.375 e. The van der Waals surface area contributed by atoms with Crippen molar-refractivity contribution in [3.05, 3.63) is 34.4 Å². The molecule has 6 nitrogen and oxygen atoms in total. The number of nitrogens with one attached hydrogen (secondary N) is 1. The summed E-state index contributed by atoms with van der Waals surface area (Å²) < 4.78 is 23.4. The van der Waals surface area contributed by atoms with E-state index in [0.717, 1.165) is 6.42 Å². The summed E-state index contributed by atoms with van der Waals surface area (Å²) in [6.45, 7) is 0. The van der Waals surface area contributed by atoms with Crippen molar-refractivity contribution in [1.82, 2.24) is 0 Å². The maximum absolute atomic E-state index is 11.7. The second-order valence-electron chi connectivity index (χ2n) is 4.82. The summed E-state index contributed by atoms with van der Waals surface area (Å²) in [5.41, 5.74) is 0.356. The van der Waals surface area contributed by atoms with Crippen LogP contribution in [0.3, 0.4) is 0 Å². The van der Waals surface area contributed by atoms with Gasteiger partial charge in [0.25, 0.3) is 5.69 Å². The van der Waals surface area contributed by atoms with Crippen LogP contribution in [0.25, 0.3) is 0 Å². The van der Waals surface area contributed by atoms with Gasteiger partial charge in [0.05, 0.1) is 10.2 Å². The van der Waals surface area contributed by atoms with Gasteiger partial charge in [-0.15, -0.1) is 0 Å². The predicted octanol–water partition coefficient (Wildman–Crippen LogP) is 1.97. The van der Waals surface area contributed by atoms with E-state index >= 15 is 0 Å². The number of anilines is 1. The van der Waals surface area contributed by atoms with Crippen molar-refractivity contribution in [2.45, 2.75) is 30.6 Å². The van der Waals surface area contributed by atoms with Crippen LogP contribution in [0.15, 0.2) is 24.3 Å². The van der Waals surface area contributed by atoms with Crippen LogP contribution >= 0.6 is 0 Å². The van der Waals surface area contributed by atoms with E-state index in [-0.39, 0.29) is 11.7 Å². The Balaban J connectivity index is 2.24. The molecule has 0 spiro atoms. The van der Waals surface area contributed by atoms with Gasteiger partial charge in [0.1, 0.15) is 5.69 Å². The fourth-order valence-corrected chi connectivity index (χ4v) is 3.95. The molecular formula is C12H16N2O4S. The zero-order chi connectivity index (χ0) is 14.0. The summed E-state index contributed by atoms with van der Waals surface area (Å²) in [4.78, 5) is 10.5. The first-order valence-corrected chi connectivity index (χ1v) is 8.04. The number of sulfone groups is 1. The largest absolute Gasteiger partial charge is 0.375 e. The first kappa shape index (κ1) is 13.8. The Morgan fingerprint density at radius 3 is 2.63 bits per heavy atom. The van der Waals surface area contributed by atoms with Crippen molar-refractivity contribution in [3.63, 3.8) is 0 Å². The minimum absolute atomic E-state index is 0.0262. The molecule has 0 aromatic heterocycles. The van der Waals surface area contributed by atoms with Gasteiger partial charge >= 0.3 is 0 Å². The van der Waals surface area contributed by atoms with Crippen LogP contribution in [0, 0.1) is 10.1 Å². The third-order valence-corrected chi connectivity index (χ3v) is 5.11. The van der Waals surface area contributed by atoms with E-state index in [4.69, 9.17) is 0 Å². The van der Waals surface area contributed by atoms with Crippen LogP contribution in [0.4, 0.5) is 11.4 Å². The molecule has 1 saturated carbocycles. The van der Waals surface area contributed by atoms with Crippen molar-refractivity contribution < 1.29 is 13.3 Å². The van der Waals surface area contributed by atoms with Crippen LogP contribution in [0.2, 0.25) is 0 Å². The molecule has 0 saturated heterocycles. The van der Waals surface area contributed by atoms with Crippen molar-refractivity contribution in [1.29, 1.82) is 0 Å². The summed E-state index contributed by atoms with van der Waals surface area (Å²) in [6.07, 6.45) is 3.36. The summed E-state index contributed by atoms with van der Waals surface area (Å²) in [7, 11) is -3.14. The van der Waals surface area contributed by atoms with Crippen molar-refractivity contribution in [2.75, 3.05) is 11.6 Å². The Morgan fingerprint density at radius 2 is 2.00 bits per heavy atom. The molecule has 0 aliphatic heterocycles. The zero-order valence-corrected chi connectivity index (χ0v) is 11.4. The van der Waals surface area contributed by atoms with Gasteiger partial charge < -0.3 is 5.32 Å². The standard InChI is InChI=1S/C12H16N2O4S/c1-19(17,18)12-8-4-6-10(12)13-9-5-2-3-7-11(9)14(15)16/h2-3,5,7,10,12-13H,4,6,8H2,1H3. The van der Waals surface area contributed by atoms with Gasteiger partial charge in [0, 0.05) is 18.4 Å². The lowest BCUT2D eigenvalue weighted by Crippen LogP contribution is -2.34. The number of nitrogens with zero attached hydrogens (tertiary/aromatic N) is 1. The highest BCUT2D eigenvalue weighted by Crippen LogP contribution is 2.31. The van der Waals surface area contributed by atoms with Crippen molar-refractivity contribution in [3.8, 4) is 0 Å². The highest BCUT2D eigenvalue weighted by molar-refractivity contribution is 7.91. The van der Waals surface area contributed by atoms with Crippen LogP contribution in [0.1, 0.15) is 19.3 Å². The molecule has 2 atom stereocenters. The van der Waals surface area contributed by atoms with E-state index in [2.05, 4.69) is 5.32 Å². The highest BCUT2D eigenvalue weighted by Gasteiger charge is 2.35. The molecule has 0 amide bonds. The maximum Gasteiger partial charge on any atom is 0.292 e. The van der Waals surface area contributed by atoms with E-state index in [1.807, 2.05) is 0 Å². The Bertz CT molecular complexity index is 585. The van der Waals surface area contributed by atoms with E-state index in [0.29, 0.717) is 18.5 Å². The van der Waals surface area contributed by atoms with Gasteiger partial charge in [0.2, 0.25) is 0 Å². The SMILES string of the molecule is CS(=O)(=O)C1CCCC1Nc1ccccc1[N+](=O)[O-]. The first-order chi connectivity index (χ1) is 8.89. The van der Waals surface area contributed by atoms with Gasteiger partial charge in [-0.05, 0) is 25.3 Å². The number of hydrogen-bond acceptors (Lipinski definition) is 5. The molecule has 0 heterocycles. The molecule has 0 radical (unpaired) electrons. The molecule has 104 valence electrons. The van der Waals surface area contributed by atoms with E-state index < -0.39 is 20.0 Å². The predicted molar refractivity (Wildman–Crippen MR) is 73.0 cm³/mol. The normalized spacial score (nSPS) is 23.2. The number of benzene rings is 1. The van der Waals surface area contributed by atoms with Gasteiger partial charge in [-0.25, -0.2) is 8.42 Å². The summed E-state index contributed by atoms with van der Waals surface area (Å²) >= 11 is 0. The molecule has 1 aliphatic carbocycles. The second kappa shape index (κ2) is 5.16. The molecule has 2 unspecified atom stereocenters. The van der Waals surface area contributed by atoms with Gasteiger partial charge in [-0.1, -0.05) is 12.1 Å². The topological polar surface area (TPSA) is 89.3 Å². The molecule has 1 aromatic carbocycles. The summed E-state index contributed by atoms with van der Waals surface area (Å²) in [5.74, 6) is 0. The average molecular weight is 284 g/mol. The summed E-state index contributed by atoms with van der Waals surface area (Å²) in [5, 5.41) is 13.5. The molecule has 1 aliphatic rings. The second-order valence-corrected chi connectivity index (χ2v) is 7.09. The Labute approximate surface area is 111 Å². The summed E-state index contributed by atoms with van der Waals surface area (Å²) in [6, 6.07) is 6.05. The van der Waals surface area contributed by atoms with Crippen LogP contribution in [-0.4, -0.2) is 30.9 Å². The molecule has 1 aromatic rings. The zero-order valence-electron chi connectivity index (χ0n) is 10.6. The Hall–Kier alpha value is -1.63. The Kier molecular flexibility index (Phi) is 3.75. The maximum atomic E-state index is 11.7. The van der Waals surface area contributed by atoms with Gasteiger partial charge in [-0.3, -0.25) is 10.1 Å².